The molecule has 2 saturated heterocycles. The van der Waals surface area contributed by atoms with E-state index in [-0.39, 0.29) is 5.79 Å². The van der Waals surface area contributed by atoms with Crippen LogP contribution in [0.15, 0.2) is 0 Å². The first-order chi connectivity index (χ1) is 5.73. The van der Waals surface area contributed by atoms with E-state index >= 15 is 0 Å². The second kappa shape index (κ2) is 3.40. The molecular formula is C8H14O2S2. The summed E-state index contributed by atoms with van der Waals surface area (Å²) in [6.07, 6.45) is 1.61. The molecule has 2 rings (SSSR count). The van der Waals surface area contributed by atoms with Crippen LogP contribution in [0.2, 0.25) is 0 Å². The largest absolute Gasteiger partial charge is 0.343 e. The molecule has 2 nitrogen and oxygen atoms in total. The molecule has 2 unspecified atom stereocenters. The average molecular weight is 206 g/mol. The molecule has 0 aromatic carbocycles. The molecule has 2 fully saturated rings. The lowest BCUT2D eigenvalue weighted by atomic mass is 10.2. The summed E-state index contributed by atoms with van der Waals surface area (Å²) in [6.45, 7) is 4.15. The van der Waals surface area contributed by atoms with E-state index in [1.807, 2.05) is 28.5 Å². The molecule has 0 saturated carbocycles. The third-order valence-electron chi connectivity index (χ3n) is 2.41. The zero-order chi connectivity index (χ0) is 8.60. The topological polar surface area (TPSA) is 18.5 Å². The summed E-state index contributed by atoms with van der Waals surface area (Å²) in [4.78, 5) is 0. The van der Waals surface area contributed by atoms with Crippen LogP contribution in [0, 0.1) is 0 Å². The maximum Gasteiger partial charge on any atom is 0.166 e. The Morgan fingerprint density at radius 1 is 1.25 bits per heavy atom. The maximum absolute atomic E-state index is 5.85. The molecule has 70 valence electrons. The standard InChI is InChI=1S/C8H14O2S2/c1-3-8(2)9-6-4-11-12-5-7(6)10-8/h6-7H,3-5H2,1-2H3. The zero-order valence-corrected chi connectivity index (χ0v) is 9.04. The van der Waals surface area contributed by atoms with Gasteiger partial charge in [-0.2, -0.15) is 0 Å². The molecule has 12 heavy (non-hydrogen) atoms. The van der Waals surface area contributed by atoms with Gasteiger partial charge < -0.3 is 9.47 Å². The van der Waals surface area contributed by atoms with Gasteiger partial charge in [-0.25, -0.2) is 0 Å². The van der Waals surface area contributed by atoms with Gasteiger partial charge in [0.1, 0.15) is 0 Å². The summed E-state index contributed by atoms with van der Waals surface area (Å²) in [5.41, 5.74) is 0. The lowest BCUT2D eigenvalue weighted by Gasteiger charge is -2.20. The smallest absolute Gasteiger partial charge is 0.166 e. The van der Waals surface area contributed by atoms with Gasteiger partial charge in [-0.3, -0.25) is 0 Å². The number of hydrogen-bond acceptors (Lipinski definition) is 4. The van der Waals surface area contributed by atoms with E-state index in [1.54, 1.807) is 0 Å². The molecule has 0 spiro atoms. The van der Waals surface area contributed by atoms with Gasteiger partial charge in [0.05, 0.1) is 12.2 Å². The van der Waals surface area contributed by atoms with E-state index in [1.165, 1.54) is 0 Å². The normalized spacial score (nSPS) is 47.5. The van der Waals surface area contributed by atoms with Gasteiger partial charge >= 0.3 is 0 Å². The SMILES string of the molecule is CCC1(C)OC2CSSCC2O1. The van der Waals surface area contributed by atoms with Crippen molar-refractivity contribution < 1.29 is 9.47 Å². The Kier molecular flexibility index (Phi) is 2.61. The second-order valence-electron chi connectivity index (χ2n) is 3.37. The van der Waals surface area contributed by atoms with Crippen molar-refractivity contribution in [3.8, 4) is 0 Å². The van der Waals surface area contributed by atoms with Crippen LogP contribution in [-0.4, -0.2) is 29.5 Å². The molecule has 0 aliphatic carbocycles. The molecule has 0 aromatic rings. The lowest BCUT2D eigenvalue weighted by molar-refractivity contribution is -0.159. The molecule has 0 amide bonds. The fraction of sp³-hybridized carbons (Fsp3) is 1.00. The number of ether oxygens (including phenoxy) is 2. The highest BCUT2D eigenvalue weighted by Crippen LogP contribution is 2.41. The van der Waals surface area contributed by atoms with E-state index in [0.29, 0.717) is 12.2 Å². The highest BCUT2D eigenvalue weighted by Gasteiger charge is 2.44. The van der Waals surface area contributed by atoms with Crippen molar-refractivity contribution in [2.45, 2.75) is 38.3 Å². The predicted octanol–water partition coefficient (Wildman–Crippen LogP) is 2.29. The molecular weight excluding hydrogens is 192 g/mol. The van der Waals surface area contributed by atoms with Crippen LogP contribution in [0.25, 0.3) is 0 Å². The number of fused-ring (bicyclic) bond motifs is 1. The Morgan fingerprint density at radius 2 is 1.75 bits per heavy atom. The Morgan fingerprint density at radius 3 is 2.17 bits per heavy atom. The molecule has 2 aliphatic heterocycles. The fourth-order valence-corrected chi connectivity index (χ4v) is 3.91. The summed E-state index contributed by atoms with van der Waals surface area (Å²) in [5, 5.41) is 0. The minimum atomic E-state index is -0.305. The van der Waals surface area contributed by atoms with Crippen molar-refractivity contribution >= 4 is 21.6 Å². The van der Waals surface area contributed by atoms with E-state index in [2.05, 4.69) is 6.92 Å². The van der Waals surface area contributed by atoms with Crippen molar-refractivity contribution in [1.29, 1.82) is 0 Å². The van der Waals surface area contributed by atoms with Gasteiger partial charge in [-0.05, 0) is 13.3 Å². The van der Waals surface area contributed by atoms with Crippen LogP contribution in [0.3, 0.4) is 0 Å². The molecule has 2 atom stereocenters. The third kappa shape index (κ3) is 1.62. The fourth-order valence-electron chi connectivity index (χ4n) is 1.50. The van der Waals surface area contributed by atoms with Gasteiger partial charge in [-0.1, -0.05) is 28.5 Å². The highest BCUT2D eigenvalue weighted by molar-refractivity contribution is 8.76. The molecule has 0 bridgehead atoms. The van der Waals surface area contributed by atoms with Crippen molar-refractivity contribution in [3.63, 3.8) is 0 Å². The van der Waals surface area contributed by atoms with E-state index in [4.69, 9.17) is 9.47 Å². The second-order valence-corrected chi connectivity index (χ2v) is 5.92. The Bertz CT molecular complexity index is 160. The summed E-state index contributed by atoms with van der Waals surface area (Å²) >= 11 is 0. The Labute approximate surface area is 81.2 Å². The number of hydrogen-bond donors (Lipinski definition) is 0. The van der Waals surface area contributed by atoms with E-state index < -0.39 is 0 Å². The summed E-state index contributed by atoms with van der Waals surface area (Å²) in [5.74, 6) is 1.84. The van der Waals surface area contributed by atoms with Crippen molar-refractivity contribution in [1.82, 2.24) is 0 Å². The highest BCUT2D eigenvalue weighted by atomic mass is 33.1. The average Bonchev–Trinajstić information content (AvgIpc) is 2.42. The summed E-state index contributed by atoms with van der Waals surface area (Å²) in [6, 6.07) is 0. The first-order valence-electron chi connectivity index (χ1n) is 4.33. The van der Waals surface area contributed by atoms with Crippen molar-refractivity contribution in [2.24, 2.45) is 0 Å². The lowest BCUT2D eigenvalue weighted by Crippen LogP contribution is -2.29. The quantitative estimate of drug-likeness (QED) is 0.612. The van der Waals surface area contributed by atoms with Crippen LogP contribution in [0.1, 0.15) is 20.3 Å². The first-order valence-corrected chi connectivity index (χ1v) is 6.82. The molecule has 4 heteroatoms. The first kappa shape index (κ1) is 9.19. The van der Waals surface area contributed by atoms with E-state index in [0.717, 1.165) is 17.9 Å². The van der Waals surface area contributed by atoms with Crippen molar-refractivity contribution in [2.75, 3.05) is 11.5 Å². The molecule has 2 aliphatic rings. The summed E-state index contributed by atoms with van der Waals surface area (Å²) < 4.78 is 11.7. The Hall–Kier alpha value is 0.620. The van der Waals surface area contributed by atoms with Crippen LogP contribution < -0.4 is 0 Å². The minimum Gasteiger partial charge on any atom is -0.343 e. The van der Waals surface area contributed by atoms with Gasteiger partial charge in [0.2, 0.25) is 0 Å². The van der Waals surface area contributed by atoms with Gasteiger partial charge in [-0.15, -0.1) is 0 Å². The maximum atomic E-state index is 5.85. The van der Waals surface area contributed by atoms with Gasteiger partial charge in [0.15, 0.2) is 5.79 Å². The van der Waals surface area contributed by atoms with Crippen LogP contribution in [0.4, 0.5) is 0 Å². The number of rotatable bonds is 1. The minimum absolute atomic E-state index is 0.305. The molecule has 0 radical (unpaired) electrons. The zero-order valence-electron chi connectivity index (χ0n) is 7.41. The monoisotopic (exact) mass is 206 g/mol. The molecule has 0 aromatic heterocycles. The van der Waals surface area contributed by atoms with E-state index in [9.17, 15) is 0 Å². The van der Waals surface area contributed by atoms with Gasteiger partial charge in [0.25, 0.3) is 0 Å². The molecule has 0 N–H and O–H groups in total. The molecule has 2 heterocycles. The van der Waals surface area contributed by atoms with Crippen LogP contribution in [0.5, 0.6) is 0 Å². The van der Waals surface area contributed by atoms with Crippen LogP contribution in [-0.2, 0) is 9.47 Å². The van der Waals surface area contributed by atoms with Crippen LogP contribution >= 0.6 is 21.6 Å². The predicted molar refractivity (Wildman–Crippen MR) is 53.4 cm³/mol. The Balaban J connectivity index is 2.02. The summed E-state index contributed by atoms with van der Waals surface area (Å²) in [7, 11) is 3.79. The third-order valence-corrected chi connectivity index (χ3v) is 4.82. The van der Waals surface area contributed by atoms with Crippen molar-refractivity contribution in [3.05, 3.63) is 0 Å². The van der Waals surface area contributed by atoms with Gasteiger partial charge in [0, 0.05) is 11.5 Å².